The van der Waals surface area contributed by atoms with Crippen molar-refractivity contribution in [3.8, 4) is 0 Å². The Bertz CT molecular complexity index is 567. The van der Waals surface area contributed by atoms with E-state index in [1.807, 2.05) is 0 Å². The summed E-state index contributed by atoms with van der Waals surface area (Å²) in [5, 5.41) is 9.01. The minimum atomic E-state index is -1.24. The number of aliphatic carboxylic acids is 1. The molecule has 0 radical (unpaired) electrons. The molecule has 2 rings (SSSR count). The molecule has 16 heavy (non-hydrogen) atoms. The number of rotatable bonds is 2. The largest absolute Gasteiger partial charge is 0.480 e. The Labute approximate surface area is 98.4 Å². The minimum absolute atomic E-state index is 0.212. The van der Waals surface area contributed by atoms with Gasteiger partial charge in [0.05, 0.1) is 4.47 Å². The number of aromatic amines is 1. The molecule has 0 aliphatic carbocycles. The highest BCUT2D eigenvalue weighted by atomic mass is 79.9. The molecule has 0 saturated heterocycles. The van der Waals surface area contributed by atoms with Gasteiger partial charge in [-0.05, 0) is 28.1 Å². The lowest BCUT2D eigenvalue weighted by atomic mass is 10.1. The van der Waals surface area contributed by atoms with E-state index in [0.29, 0.717) is 5.52 Å². The molecule has 1 atom stereocenters. The smallest absolute Gasteiger partial charge is 0.325 e. The molecular weight excluding hydrogens is 279 g/mol. The highest BCUT2D eigenvalue weighted by Gasteiger charge is 2.21. The van der Waals surface area contributed by atoms with E-state index in [9.17, 15) is 9.18 Å². The first-order valence-corrected chi connectivity index (χ1v) is 5.25. The van der Waals surface area contributed by atoms with Crippen molar-refractivity contribution in [2.24, 2.45) is 5.73 Å². The first-order chi connectivity index (χ1) is 7.52. The molecule has 0 bridgehead atoms. The second-order valence-electron chi connectivity index (χ2n) is 3.34. The standard InChI is InChI=1S/C10H8BrFN2O2/c11-5-1-2-6-7(8(5)12)4(3-14-6)9(13)10(15)16/h1-3,9,14H,13H2,(H,15,16). The Kier molecular flexibility index (Phi) is 2.69. The van der Waals surface area contributed by atoms with E-state index in [4.69, 9.17) is 10.8 Å². The van der Waals surface area contributed by atoms with Gasteiger partial charge in [-0.15, -0.1) is 0 Å². The summed E-state index contributed by atoms with van der Waals surface area (Å²) in [7, 11) is 0. The van der Waals surface area contributed by atoms with E-state index < -0.39 is 17.8 Å². The van der Waals surface area contributed by atoms with Crippen LogP contribution in [0, 0.1) is 5.82 Å². The first-order valence-electron chi connectivity index (χ1n) is 4.45. The Morgan fingerprint density at radius 2 is 2.25 bits per heavy atom. The predicted octanol–water partition coefficient (Wildman–Crippen LogP) is 2.15. The van der Waals surface area contributed by atoms with Crippen LogP contribution in [0.2, 0.25) is 0 Å². The zero-order chi connectivity index (χ0) is 11.9. The fourth-order valence-electron chi connectivity index (χ4n) is 1.56. The number of carboxylic acid groups (broad SMARTS) is 1. The summed E-state index contributed by atoms with van der Waals surface area (Å²) in [5.41, 5.74) is 6.22. The molecule has 6 heteroatoms. The maximum absolute atomic E-state index is 13.8. The van der Waals surface area contributed by atoms with Gasteiger partial charge in [0, 0.05) is 22.7 Å². The van der Waals surface area contributed by atoms with Crippen LogP contribution in [0.4, 0.5) is 4.39 Å². The normalized spacial score (nSPS) is 12.9. The zero-order valence-electron chi connectivity index (χ0n) is 8.00. The van der Waals surface area contributed by atoms with E-state index in [1.165, 1.54) is 6.20 Å². The highest BCUT2D eigenvalue weighted by Crippen LogP contribution is 2.30. The maximum Gasteiger partial charge on any atom is 0.325 e. The SMILES string of the molecule is NC(C(=O)O)c1c[nH]c2ccc(Br)c(F)c12. The Balaban J connectivity index is 2.72. The van der Waals surface area contributed by atoms with E-state index in [0.717, 1.165) is 0 Å². The van der Waals surface area contributed by atoms with E-state index in [1.54, 1.807) is 12.1 Å². The number of hydrogen-bond acceptors (Lipinski definition) is 2. The molecule has 84 valence electrons. The van der Waals surface area contributed by atoms with Crippen LogP contribution in [0.5, 0.6) is 0 Å². The first kappa shape index (κ1) is 11.1. The molecule has 4 nitrogen and oxygen atoms in total. The number of benzene rings is 1. The van der Waals surface area contributed by atoms with Crippen molar-refractivity contribution in [1.29, 1.82) is 0 Å². The van der Waals surface area contributed by atoms with Gasteiger partial charge in [0.2, 0.25) is 0 Å². The lowest BCUT2D eigenvalue weighted by molar-refractivity contribution is -0.138. The Morgan fingerprint density at radius 3 is 2.88 bits per heavy atom. The molecule has 1 aromatic heterocycles. The fourth-order valence-corrected chi connectivity index (χ4v) is 1.89. The number of nitrogens with two attached hydrogens (primary N) is 1. The number of fused-ring (bicyclic) bond motifs is 1. The lowest BCUT2D eigenvalue weighted by Gasteiger charge is -2.05. The third-order valence-electron chi connectivity index (χ3n) is 2.37. The van der Waals surface area contributed by atoms with Crippen LogP contribution in [0.1, 0.15) is 11.6 Å². The summed E-state index contributed by atoms with van der Waals surface area (Å²) in [6.07, 6.45) is 1.42. The van der Waals surface area contributed by atoms with Crippen LogP contribution >= 0.6 is 15.9 Å². The third-order valence-corrected chi connectivity index (χ3v) is 2.98. The average Bonchev–Trinajstić information content (AvgIpc) is 2.66. The summed E-state index contributed by atoms with van der Waals surface area (Å²) in [6, 6.07) is 1.96. The van der Waals surface area contributed by atoms with Crippen LogP contribution in [0.3, 0.4) is 0 Å². The molecule has 2 aromatic rings. The molecule has 0 saturated carbocycles. The zero-order valence-corrected chi connectivity index (χ0v) is 9.58. The van der Waals surface area contributed by atoms with Crippen LogP contribution in [0.25, 0.3) is 10.9 Å². The summed E-state index contributed by atoms with van der Waals surface area (Å²) >= 11 is 3.04. The predicted molar refractivity (Wildman–Crippen MR) is 60.5 cm³/mol. The van der Waals surface area contributed by atoms with Crippen LogP contribution < -0.4 is 5.73 Å². The van der Waals surface area contributed by atoms with Gasteiger partial charge in [-0.25, -0.2) is 4.39 Å². The van der Waals surface area contributed by atoms with E-state index in [-0.39, 0.29) is 15.4 Å². The van der Waals surface area contributed by atoms with Gasteiger partial charge in [0.1, 0.15) is 11.9 Å². The van der Waals surface area contributed by atoms with Crippen molar-refractivity contribution in [2.75, 3.05) is 0 Å². The highest BCUT2D eigenvalue weighted by molar-refractivity contribution is 9.10. The molecule has 1 unspecified atom stereocenters. The van der Waals surface area contributed by atoms with Crippen LogP contribution in [-0.4, -0.2) is 16.1 Å². The van der Waals surface area contributed by atoms with Gasteiger partial charge >= 0.3 is 5.97 Å². The topological polar surface area (TPSA) is 79.1 Å². The van der Waals surface area contributed by atoms with E-state index in [2.05, 4.69) is 20.9 Å². The molecule has 0 amide bonds. The number of nitrogens with one attached hydrogen (secondary N) is 1. The van der Waals surface area contributed by atoms with Crippen LogP contribution in [-0.2, 0) is 4.79 Å². The molecule has 0 aliphatic rings. The van der Waals surface area contributed by atoms with Crippen molar-refractivity contribution in [2.45, 2.75) is 6.04 Å². The summed E-state index contributed by atoms with van der Waals surface area (Å²) in [6.45, 7) is 0. The van der Waals surface area contributed by atoms with Gasteiger partial charge in [-0.1, -0.05) is 0 Å². The summed E-state index contributed by atoms with van der Waals surface area (Å²) in [5.74, 6) is -1.70. The molecule has 0 spiro atoms. The quantitative estimate of drug-likeness (QED) is 0.791. The molecule has 0 aliphatic heterocycles. The molecular formula is C10H8BrFN2O2. The second kappa shape index (κ2) is 3.88. The van der Waals surface area contributed by atoms with Crippen molar-refractivity contribution in [1.82, 2.24) is 4.98 Å². The molecule has 4 N–H and O–H groups in total. The van der Waals surface area contributed by atoms with Crippen LogP contribution in [0.15, 0.2) is 22.8 Å². The number of carboxylic acids is 1. The summed E-state index contributed by atoms with van der Waals surface area (Å²) < 4.78 is 14.1. The Hall–Kier alpha value is -1.40. The van der Waals surface area contributed by atoms with Crippen molar-refractivity contribution < 1.29 is 14.3 Å². The number of halogens is 2. The number of hydrogen-bond donors (Lipinski definition) is 3. The average molecular weight is 287 g/mol. The number of carbonyl (C=O) groups is 1. The van der Waals surface area contributed by atoms with Gasteiger partial charge < -0.3 is 15.8 Å². The second-order valence-corrected chi connectivity index (χ2v) is 4.20. The fraction of sp³-hybridized carbons (Fsp3) is 0.100. The number of H-pyrrole nitrogens is 1. The maximum atomic E-state index is 13.8. The van der Waals surface area contributed by atoms with Gasteiger partial charge in [-0.3, -0.25) is 4.79 Å². The lowest BCUT2D eigenvalue weighted by Crippen LogP contribution is -2.20. The monoisotopic (exact) mass is 286 g/mol. The number of aromatic nitrogens is 1. The van der Waals surface area contributed by atoms with E-state index >= 15 is 0 Å². The molecule has 1 heterocycles. The minimum Gasteiger partial charge on any atom is -0.480 e. The Morgan fingerprint density at radius 1 is 1.56 bits per heavy atom. The van der Waals surface area contributed by atoms with Gasteiger partial charge in [0.25, 0.3) is 0 Å². The third kappa shape index (κ3) is 1.60. The molecule has 0 fully saturated rings. The van der Waals surface area contributed by atoms with Crippen molar-refractivity contribution in [3.63, 3.8) is 0 Å². The van der Waals surface area contributed by atoms with Gasteiger partial charge in [0.15, 0.2) is 0 Å². The van der Waals surface area contributed by atoms with Gasteiger partial charge in [-0.2, -0.15) is 0 Å². The van der Waals surface area contributed by atoms with Crippen molar-refractivity contribution in [3.05, 3.63) is 34.2 Å². The molecule has 1 aromatic carbocycles. The summed E-state index contributed by atoms with van der Waals surface area (Å²) in [4.78, 5) is 13.6. The van der Waals surface area contributed by atoms with Crippen molar-refractivity contribution >= 4 is 32.8 Å².